The van der Waals surface area contributed by atoms with Crippen LogP contribution in [-0.2, 0) is 0 Å². The number of nitrogens with zero attached hydrogens (tertiary/aromatic N) is 1. The predicted octanol–water partition coefficient (Wildman–Crippen LogP) is 1.91. The molecule has 0 aliphatic carbocycles. The Labute approximate surface area is 78.2 Å². The Bertz CT molecular complexity index is 478. The van der Waals surface area contributed by atoms with Gasteiger partial charge >= 0.3 is 5.97 Å². The molecule has 0 aliphatic rings. The molecule has 0 saturated heterocycles. The highest BCUT2D eigenvalue weighted by Crippen LogP contribution is 2.20. The van der Waals surface area contributed by atoms with E-state index < -0.39 is 5.97 Å². The highest BCUT2D eigenvalue weighted by molar-refractivity contribution is 6.35. The minimum atomic E-state index is -1.000. The van der Waals surface area contributed by atoms with Crippen LogP contribution in [0.1, 0.15) is 10.4 Å². The van der Waals surface area contributed by atoms with Crippen LogP contribution >= 0.6 is 11.6 Å². The molecule has 66 valence electrons. The van der Waals surface area contributed by atoms with Crippen molar-refractivity contribution in [2.45, 2.75) is 0 Å². The first kappa shape index (κ1) is 8.07. The van der Waals surface area contributed by atoms with Crippen molar-refractivity contribution >= 4 is 28.6 Å². The second-order valence-electron chi connectivity index (χ2n) is 2.56. The third kappa shape index (κ3) is 1.25. The predicted molar refractivity (Wildman–Crippen MR) is 48.1 cm³/mol. The number of aromatic amines is 1. The molecule has 2 heterocycles. The van der Waals surface area contributed by atoms with Crippen molar-refractivity contribution in [3.05, 3.63) is 29.0 Å². The number of carbonyl (C=O) groups is 1. The SMILES string of the molecule is O=C(O)c1cnc2c(Cl)c[nH]c2c1. The lowest BCUT2D eigenvalue weighted by Crippen LogP contribution is -1.96. The Kier molecular flexibility index (Phi) is 1.70. The van der Waals surface area contributed by atoms with Gasteiger partial charge in [0.25, 0.3) is 0 Å². The number of hydrogen-bond donors (Lipinski definition) is 2. The van der Waals surface area contributed by atoms with E-state index in [0.29, 0.717) is 16.1 Å². The van der Waals surface area contributed by atoms with Crippen LogP contribution in [0, 0.1) is 0 Å². The lowest BCUT2D eigenvalue weighted by atomic mass is 10.2. The molecule has 0 saturated carbocycles. The van der Waals surface area contributed by atoms with E-state index in [2.05, 4.69) is 9.97 Å². The molecular weight excluding hydrogens is 192 g/mol. The zero-order valence-corrected chi connectivity index (χ0v) is 7.17. The van der Waals surface area contributed by atoms with Gasteiger partial charge in [-0.05, 0) is 6.07 Å². The Hall–Kier alpha value is -1.55. The Balaban J connectivity index is 2.70. The van der Waals surface area contributed by atoms with Gasteiger partial charge in [0.2, 0.25) is 0 Å². The second-order valence-corrected chi connectivity index (χ2v) is 2.97. The van der Waals surface area contributed by atoms with Gasteiger partial charge in [0.05, 0.1) is 16.1 Å². The van der Waals surface area contributed by atoms with E-state index in [9.17, 15) is 4.79 Å². The highest BCUT2D eigenvalue weighted by atomic mass is 35.5. The van der Waals surface area contributed by atoms with Gasteiger partial charge in [0, 0.05) is 12.4 Å². The standard InChI is InChI=1S/C8H5ClN2O2/c9-5-3-10-6-1-4(8(12)13)2-11-7(5)6/h1-3,10H,(H,12,13). The molecule has 4 nitrogen and oxygen atoms in total. The van der Waals surface area contributed by atoms with E-state index in [1.807, 2.05) is 0 Å². The zero-order valence-electron chi connectivity index (χ0n) is 6.41. The number of halogens is 1. The lowest BCUT2D eigenvalue weighted by Gasteiger charge is -1.93. The first-order valence-corrected chi connectivity index (χ1v) is 3.92. The molecule has 0 unspecified atom stereocenters. The van der Waals surface area contributed by atoms with Crippen LogP contribution < -0.4 is 0 Å². The van der Waals surface area contributed by atoms with Gasteiger partial charge in [-0.3, -0.25) is 4.98 Å². The topological polar surface area (TPSA) is 66.0 Å². The van der Waals surface area contributed by atoms with Gasteiger partial charge in [-0.15, -0.1) is 0 Å². The summed E-state index contributed by atoms with van der Waals surface area (Å²) in [6.45, 7) is 0. The van der Waals surface area contributed by atoms with Crippen LogP contribution in [0.25, 0.3) is 11.0 Å². The number of nitrogens with one attached hydrogen (secondary N) is 1. The van der Waals surface area contributed by atoms with E-state index in [1.165, 1.54) is 12.3 Å². The fourth-order valence-electron chi connectivity index (χ4n) is 1.09. The number of carboxylic acids is 1. The summed E-state index contributed by atoms with van der Waals surface area (Å²) in [6.07, 6.45) is 2.86. The van der Waals surface area contributed by atoms with Crippen molar-refractivity contribution in [3.8, 4) is 0 Å². The van der Waals surface area contributed by atoms with Crippen LogP contribution in [0.3, 0.4) is 0 Å². The summed E-state index contributed by atoms with van der Waals surface area (Å²) in [4.78, 5) is 17.3. The van der Waals surface area contributed by atoms with Gasteiger partial charge in [-0.1, -0.05) is 11.6 Å². The number of pyridine rings is 1. The number of rotatable bonds is 1. The smallest absolute Gasteiger partial charge is 0.337 e. The number of aromatic nitrogens is 2. The van der Waals surface area contributed by atoms with E-state index in [0.717, 1.165) is 0 Å². The summed E-state index contributed by atoms with van der Waals surface area (Å²) in [5.74, 6) is -1.000. The average Bonchev–Trinajstić information content (AvgIpc) is 2.47. The van der Waals surface area contributed by atoms with Gasteiger partial charge in [0.15, 0.2) is 0 Å². The third-order valence-electron chi connectivity index (χ3n) is 1.72. The molecule has 2 N–H and O–H groups in total. The van der Waals surface area contributed by atoms with Gasteiger partial charge in [-0.2, -0.15) is 0 Å². The number of hydrogen-bond acceptors (Lipinski definition) is 2. The first-order valence-electron chi connectivity index (χ1n) is 3.54. The summed E-state index contributed by atoms with van der Waals surface area (Å²) in [7, 11) is 0. The zero-order chi connectivity index (χ0) is 9.42. The molecule has 0 spiro atoms. The van der Waals surface area contributed by atoms with E-state index in [4.69, 9.17) is 16.7 Å². The number of fused-ring (bicyclic) bond motifs is 1. The molecule has 2 aromatic rings. The van der Waals surface area contributed by atoms with E-state index in [1.54, 1.807) is 6.20 Å². The maximum atomic E-state index is 10.6. The normalized spacial score (nSPS) is 10.5. The number of aromatic carboxylic acids is 1. The Morgan fingerprint density at radius 1 is 1.62 bits per heavy atom. The van der Waals surface area contributed by atoms with Crippen LogP contribution in [0.5, 0.6) is 0 Å². The summed E-state index contributed by atoms with van der Waals surface area (Å²) in [6, 6.07) is 1.50. The molecule has 0 fully saturated rings. The van der Waals surface area contributed by atoms with E-state index in [-0.39, 0.29) is 5.56 Å². The molecule has 0 radical (unpaired) electrons. The molecule has 5 heteroatoms. The quantitative estimate of drug-likeness (QED) is 0.732. The van der Waals surface area contributed by atoms with Crippen molar-refractivity contribution < 1.29 is 9.90 Å². The molecule has 0 aromatic carbocycles. The van der Waals surface area contributed by atoms with Crippen molar-refractivity contribution in [1.29, 1.82) is 0 Å². The first-order chi connectivity index (χ1) is 6.18. The fraction of sp³-hybridized carbons (Fsp3) is 0. The largest absolute Gasteiger partial charge is 0.478 e. The summed E-state index contributed by atoms with van der Waals surface area (Å²) < 4.78 is 0. The summed E-state index contributed by atoms with van der Waals surface area (Å²) in [5, 5.41) is 9.16. The number of carboxylic acid groups (broad SMARTS) is 1. The maximum Gasteiger partial charge on any atom is 0.337 e. The van der Waals surface area contributed by atoms with Gasteiger partial charge in [0.1, 0.15) is 5.52 Å². The molecule has 0 bridgehead atoms. The second kappa shape index (κ2) is 2.74. The molecule has 2 aromatic heterocycles. The van der Waals surface area contributed by atoms with Gasteiger partial charge < -0.3 is 10.1 Å². The number of H-pyrrole nitrogens is 1. The minimum absolute atomic E-state index is 0.144. The average molecular weight is 197 g/mol. The third-order valence-corrected chi connectivity index (χ3v) is 2.00. The monoisotopic (exact) mass is 196 g/mol. The van der Waals surface area contributed by atoms with Gasteiger partial charge in [-0.25, -0.2) is 4.79 Å². The summed E-state index contributed by atoms with van der Waals surface area (Å²) in [5.41, 5.74) is 1.36. The molecule has 0 atom stereocenters. The van der Waals surface area contributed by atoms with Crippen molar-refractivity contribution in [2.75, 3.05) is 0 Å². The summed E-state index contributed by atoms with van der Waals surface area (Å²) >= 11 is 5.76. The van der Waals surface area contributed by atoms with Crippen LogP contribution in [0.2, 0.25) is 5.02 Å². The molecular formula is C8H5ClN2O2. The molecule has 2 rings (SSSR count). The Morgan fingerprint density at radius 2 is 2.38 bits per heavy atom. The maximum absolute atomic E-state index is 10.6. The fourth-order valence-corrected chi connectivity index (χ4v) is 1.30. The molecule has 13 heavy (non-hydrogen) atoms. The van der Waals surface area contributed by atoms with Crippen LogP contribution in [-0.4, -0.2) is 21.0 Å². The van der Waals surface area contributed by atoms with Crippen molar-refractivity contribution in [1.82, 2.24) is 9.97 Å². The van der Waals surface area contributed by atoms with Crippen LogP contribution in [0.15, 0.2) is 18.5 Å². The Morgan fingerprint density at radius 3 is 3.08 bits per heavy atom. The van der Waals surface area contributed by atoms with E-state index >= 15 is 0 Å². The molecule has 0 amide bonds. The minimum Gasteiger partial charge on any atom is -0.478 e. The molecule has 0 aliphatic heterocycles. The van der Waals surface area contributed by atoms with Crippen molar-refractivity contribution in [3.63, 3.8) is 0 Å². The van der Waals surface area contributed by atoms with Crippen LogP contribution in [0.4, 0.5) is 0 Å². The van der Waals surface area contributed by atoms with Crippen molar-refractivity contribution in [2.24, 2.45) is 0 Å². The lowest BCUT2D eigenvalue weighted by molar-refractivity contribution is 0.0696. The highest BCUT2D eigenvalue weighted by Gasteiger charge is 2.07.